The lowest BCUT2D eigenvalue weighted by Gasteiger charge is -2.40. The molecule has 138 valence electrons. The summed E-state index contributed by atoms with van der Waals surface area (Å²) in [7, 11) is 0. The van der Waals surface area contributed by atoms with Crippen molar-refractivity contribution in [2.75, 3.05) is 0 Å². The van der Waals surface area contributed by atoms with Crippen molar-refractivity contribution in [3.05, 3.63) is 89.8 Å². The molecule has 5 heteroatoms. The summed E-state index contributed by atoms with van der Waals surface area (Å²) < 4.78 is 15.6. The first kappa shape index (κ1) is 17.5. The van der Waals surface area contributed by atoms with E-state index in [0.717, 1.165) is 42.5 Å². The number of aromatic nitrogens is 2. The molecular weight excluding hydrogens is 341 g/mol. The fourth-order valence-corrected chi connectivity index (χ4v) is 3.74. The molecule has 27 heavy (non-hydrogen) atoms. The van der Waals surface area contributed by atoms with Crippen LogP contribution >= 0.6 is 0 Å². The van der Waals surface area contributed by atoms with Crippen molar-refractivity contribution < 1.29 is 9.18 Å². The quantitative estimate of drug-likeness (QED) is 0.724. The summed E-state index contributed by atoms with van der Waals surface area (Å²) in [6, 6.07) is 14.6. The van der Waals surface area contributed by atoms with Crippen LogP contribution in [0.3, 0.4) is 0 Å². The van der Waals surface area contributed by atoms with Crippen LogP contribution in [-0.2, 0) is 23.3 Å². The van der Waals surface area contributed by atoms with E-state index in [1.165, 1.54) is 12.1 Å². The maximum Gasteiger partial charge on any atom is 0.230 e. The largest absolute Gasteiger partial charge is 0.351 e. The standard InChI is InChI=1S/C22H22FN3O/c23-20-7-2-6-19(13-20)22(8-3-9-22)21(27)25-14-17-4-1-5-18(12-17)15-26-11-10-24-16-26/h1-2,4-7,10-13,16H,3,8-9,14-15H2,(H,25,27). The molecule has 3 aromatic rings. The molecule has 0 radical (unpaired) electrons. The van der Waals surface area contributed by atoms with Crippen molar-refractivity contribution in [3.63, 3.8) is 0 Å². The van der Waals surface area contributed by atoms with Crippen LogP contribution in [0, 0.1) is 5.82 Å². The zero-order valence-corrected chi connectivity index (χ0v) is 15.1. The minimum absolute atomic E-state index is 0.0145. The molecule has 4 rings (SSSR count). The van der Waals surface area contributed by atoms with Crippen LogP contribution in [0.4, 0.5) is 4.39 Å². The summed E-state index contributed by atoms with van der Waals surface area (Å²) in [6.45, 7) is 1.21. The van der Waals surface area contributed by atoms with Crippen LogP contribution in [-0.4, -0.2) is 15.5 Å². The van der Waals surface area contributed by atoms with Gasteiger partial charge >= 0.3 is 0 Å². The van der Waals surface area contributed by atoms with Gasteiger partial charge in [0.1, 0.15) is 5.82 Å². The summed E-state index contributed by atoms with van der Waals surface area (Å²) >= 11 is 0. The van der Waals surface area contributed by atoms with Crippen molar-refractivity contribution >= 4 is 5.91 Å². The summed E-state index contributed by atoms with van der Waals surface area (Å²) in [5, 5.41) is 3.07. The van der Waals surface area contributed by atoms with E-state index in [1.807, 2.05) is 29.0 Å². The molecule has 1 saturated carbocycles. The lowest BCUT2D eigenvalue weighted by molar-refractivity contribution is -0.130. The lowest BCUT2D eigenvalue weighted by atomic mass is 9.64. The number of nitrogens with zero attached hydrogens (tertiary/aromatic N) is 2. The molecule has 1 heterocycles. The van der Waals surface area contributed by atoms with Crippen LogP contribution in [0.15, 0.2) is 67.3 Å². The first-order chi connectivity index (χ1) is 13.2. The molecule has 1 aliphatic carbocycles. The second-order valence-corrected chi connectivity index (χ2v) is 7.18. The van der Waals surface area contributed by atoms with Gasteiger partial charge in [0.25, 0.3) is 0 Å². The van der Waals surface area contributed by atoms with E-state index in [1.54, 1.807) is 18.6 Å². The number of imidazole rings is 1. The lowest BCUT2D eigenvalue weighted by Crippen LogP contribution is -2.49. The monoisotopic (exact) mass is 363 g/mol. The van der Waals surface area contributed by atoms with E-state index in [2.05, 4.69) is 22.4 Å². The zero-order valence-electron chi connectivity index (χ0n) is 15.1. The van der Waals surface area contributed by atoms with Crippen LogP contribution < -0.4 is 5.32 Å². The number of carbonyl (C=O) groups excluding carboxylic acids is 1. The molecule has 1 fully saturated rings. The Labute approximate surface area is 158 Å². The minimum atomic E-state index is -0.587. The number of nitrogens with one attached hydrogen (secondary N) is 1. The molecule has 4 nitrogen and oxygen atoms in total. The van der Waals surface area contributed by atoms with Gasteiger partial charge in [0.05, 0.1) is 11.7 Å². The molecule has 0 spiro atoms. The predicted molar refractivity (Wildman–Crippen MR) is 102 cm³/mol. The molecule has 2 aromatic carbocycles. The smallest absolute Gasteiger partial charge is 0.230 e. The molecule has 0 bridgehead atoms. The van der Waals surface area contributed by atoms with Gasteiger partial charge in [-0.05, 0) is 41.7 Å². The van der Waals surface area contributed by atoms with E-state index in [-0.39, 0.29) is 11.7 Å². The van der Waals surface area contributed by atoms with E-state index in [9.17, 15) is 9.18 Å². The molecule has 0 saturated heterocycles. The van der Waals surface area contributed by atoms with Gasteiger partial charge in [-0.25, -0.2) is 9.37 Å². The Balaban J connectivity index is 1.44. The van der Waals surface area contributed by atoms with Crippen LogP contribution in [0.1, 0.15) is 36.0 Å². The second-order valence-electron chi connectivity index (χ2n) is 7.18. The van der Waals surface area contributed by atoms with Crippen molar-refractivity contribution in [1.29, 1.82) is 0 Å². The zero-order chi connectivity index (χ0) is 18.7. The van der Waals surface area contributed by atoms with Crippen molar-refractivity contribution in [2.24, 2.45) is 0 Å². The molecule has 0 aliphatic heterocycles. The average molecular weight is 363 g/mol. The molecule has 1 amide bonds. The highest BCUT2D eigenvalue weighted by atomic mass is 19.1. The Morgan fingerprint density at radius 3 is 2.67 bits per heavy atom. The van der Waals surface area contributed by atoms with Crippen LogP contribution in [0.2, 0.25) is 0 Å². The number of hydrogen-bond donors (Lipinski definition) is 1. The Kier molecular flexibility index (Phi) is 4.75. The number of carbonyl (C=O) groups is 1. The molecule has 0 unspecified atom stereocenters. The van der Waals surface area contributed by atoms with Gasteiger partial charge in [-0.15, -0.1) is 0 Å². The van der Waals surface area contributed by atoms with Gasteiger partial charge < -0.3 is 9.88 Å². The molecular formula is C22H22FN3O. The number of hydrogen-bond acceptors (Lipinski definition) is 2. The Hall–Kier alpha value is -2.95. The highest BCUT2D eigenvalue weighted by Crippen LogP contribution is 2.44. The summed E-state index contributed by atoms with van der Waals surface area (Å²) in [5.41, 5.74) is 2.40. The third-order valence-electron chi connectivity index (χ3n) is 5.39. The van der Waals surface area contributed by atoms with E-state index >= 15 is 0 Å². The fourth-order valence-electron chi connectivity index (χ4n) is 3.74. The minimum Gasteiger partial charge on any atom is -0.351 e. The maximum absolute atomic E-state index is 13.6. The average Bonchev–Trinajstić information content (AvgIpc) is 3.12. The van der Waals surface area contributed by atoms with E-state index in [0.29, 0.717) is 6.54 Å². The second kappa shape index (κ2) is 7.35. The summed E-state index contributed by atoms with van der Waals surface area (Å²) in [6.07, 6.45) is 7.99. The maximum atomic E-state index is 13.6. The first-order valence-electron chi connectivity index (χ1n) is 9.24. The first-order valence-corrected chi connectivity index (χ1v) is 9.24. The number of rotatable bonds is 6. The predicted octanol–water partition coefficient (Wildman–Crippen LogP) is 3.81. The van der Waals surface area contributed by atoms with Gasteiger partial charge in [0.2, 0.25) is 5.91 Å². The highest BCUT2D eigenvalue weighted by Gasteiger charge is 2.45. The van der Waals surface area contributed by atoms with Crippen LogP contribution in [0.5, 0.6) is 0 Å². The number of benzene rings is 2. The normalized spacial score (nSPS) is 15.1. The Morgan fingerprint density at radius 2 is 1.96 bits per heavy atom. The van der Waals surface area contributed by atoms with Crippen LogP contribution in [0.25, 0.3) is 0 Å². The fraction of sp³-hybridized carbons (Fsp3) is 0.273. The molecule has 1 N–H and O–H groups in total. The van der Waals surface area contributed by atoms with Crippen molar-refractivity contribution in [3.8, 4) is 0 Å². The van der Waals surface area contributed by atoms with Gasteiger partial charge in [-0.1, -0.05) is 42.8 Å². The van der Waals surface area contributed by atoms with E-state index in [4.69, 9.17) is 0 Å². The Bertz CT molecular complexity index is 932. The number of amides is 1. The molecule has 0 atom stereocenters. The number of halogens is 1. The van der Waals surface area contributed by atoms with Gasteiger partial charge in [0.15, 0.2) is 0 Å². The summed E-state index contributed by atoms with van der Waals surface area (Å²) in [5.74, 6) is -0.307. The van der Waals surface area contributed by atoms with Gasteiger partial charge in [-0.3, -0.25) is 4.79 Å². The van der Waals surface area contributed by atoms with Gasteiger partial charge in [-0.2, -0.15) is 0 Å². The van der Waals surface area contributed by atoms with Gasteiger partial charge in [0, 0.05) is 25.5 Å². The highest BCUT2D eigenvalue weighted by molar-refractivity contribution is 5.89. The topological polar surface area (TPSA) is 46.9 Å². The third kappa shape index (κ3) is 3.63. The van der Waals surface area contributed by atoms with E-state index < -0.39 is 5.41 Å². The van der Waals surface area contributed by atoms with Crippen molar-refractivity contribution in [1.82, 2.24) is 14.9 Å². The Morgan fingerprint density at radius 1 is 1.15 bits per heavy atom. The summed E-state index contributed by atoms with van der Waals surface area (Å²) in [4.78, 5) is 17.0. The molecule has 1 aliphatic rings. The third-order valence-corrected chi connectivity index (χ3v) is 5.39. The SMILES string of the molecule is O=C(NCc1cccc(Cn2ccnc2)c1)C1(c2cccc(F)c2)CCC1. The molecule has 1 aromatic heterocycles. The van der Waals surface area contributed by atoms with Crippen molar-refractivity contribution in [2.45, 2.75) is 37.8 Å².